The number of nitrogens with one attached hydrogen (secondary N) is 1. The van der Waals surface area contributed by atoms with Crippen molar-refractivity contribution in [2.24, 2.45) is 0 Å². The van der Waals surface area contributed by atoms with Gasteiger partial charge in [-0.1, -0.05) is 42.5 Å². The number of carbonyl (C=O) groups is 1. The van der Waals surface area contributed by atoms with Crippen LogP contribution in [0.1, 0.15) is 24.5 Å². The minimum atomic E-state index is -0.267. The lowest BCUT2D eigenvalue weighted by atomic mass is 9.99. The standard InChI is InChI=1S/C22H25FN2O/c1-17(22(26)24(2)16-18-7-6-10-21(23)15-18)25-13-11-20(12-14-25)19-8-4-3-5-9-19/h3-11,15,17H,12-14,16H2,1-2H3/p+1/t17-/m1/s1. The molecule has 3 nitrogen and oxygen atoms in total. The fourth-order valence-corrected chi connectivity index (χ4v) is 3.55. The maximum Gasteiger partial charge on any atom is 0.280 e. The molecule has 1 unspecified atom stereocenters. The molecule has 3 rings (SSSR count). The summed E-state index contributed by atoms with van der Waals surface area (Å²) in [5.74, 6) is -0.169. The molecule has 0 saturated heterocycles. The average molecular weight is 353 g/mol. The van der Waals surface area contributed by atoms with Crippen LogP contribution in [0.2, 0.25) is 0 Å². The number of hydrogen-bond acceptors (Lipinski definition) is 1. The van der Waals surface area contributed by atoms with E-state index in [1.807, 2.05) is 19.1 Å². The Morgan fingerprint density at radius 1 is 1.19 bits per heavy atom. The van der Waals surface area contributed by atoms with E-state index >= 15 is 0 Å². The smallest absolute Gasteiger partial charge is 0.280 e. The fourth-order valence-electron chi connectivity index (χ4n) is 3.55. The summed E-state index contributed by atoms with van der Waals surface area (Å²) in [5, 5.41) is 0. The maximum absolute atomic E-state index is 13.3. The van der Waals surface area contributed by atoms with Crippen molar-refractivity contribution in [2.75, 3.05) is 20.1 Å². The second kappa shape index (κ2) is 8.28. The van der Waals surface area contributed by atoms with Crippen LogP contribution in [0.15, 0.2) is 60.7 Å². The molecule has 0 fully saturated rings. The van der Waals surface area contributed by atoms with Gasteiger partial charge in [0, 0.05) is 20.0 Å². The molecule has 2 aromatic rings. The Labute approximate surface area is 154 Å². The zero-order valence-electron chi connectivity index (χ0n) is 15.4. The van der Waals surface area contributed by atoms with E-state index in [4.69, 9.17) is 0 Å². The Hall–Kier alpha value is -2.46. The molecule has 0 bridgehead atoms. The van der Waals surface area contributed by atoms with Gasteiger partial charge in [0.15, 0.2) is 6.04 Å². The molecule has 2 aromatic carbocycles. The van der Waals surface area contributed by atoms with Crippen molar-refractivity contribution >= 4 is 11.5 Å². The predicted octanol–water partition coefficient (Wildman–Crippen LogP) is 2.54. The van der Waals surface area contributed by atoms with Gasteiger partial charge in [-0.2, -0.15) is 0 Å². The molecule has 0 aliphatic carbocycles. The van der Waals surface area contributed by atoms with Crippen molar-refractivity contribution < 1.29 is 14.1 Å². The normalized spacial score (nSPS) is 18.1. The molecule has 136 valence electrons. The third-order valence-electron chi connectivity index (χ3n) is 5.14. The summed E-state index contributed by atoms with van der Waals surface area (Å²) in [4.78, 5) is 15.7. The van der Waals surface area contributed by atoms with Crippen LogP contribution in [-0.2, 0) is 11.3 Å². The van der Waals surface area contributed by atoms with Gasteiger partial charge < -0.3 is 9.80 Å². The van der Waals surface area contributed by atoms with Gasteiger partial charge in [-0.05, 0) is 41.8 Å². The first-order chi connectivity index (χ1) is 12.5. The van der Waals surface area contributed by atoms with Crippen molar-refractivity contribution in [1.82, 2.24) is 4.90 Å². The number of carbonyl (C=O) groups excluding carboxylic acids is 1. The van der Waals surface area contributed by atoms with E-state index in [2.05, 4.69) is 30.3 Å². The molecule has 26 heavy (non-hydrogen) atoms. The molecular weight excluding hydrogens is 327 g/mol. The fraction of sp³-hybridized carbons (Fsp3) is 0.318. The van der Waals surface area contributed by atoms with Gasteiger partial charge in [-0.15, -0.1) is 0 Å². The highest BCUT2D eigenvalue weighted by Crippen LogP contribution is 2.18. The molecule has 2 atom stereocenters. The second-order valence-electron chi connectivity index (χ2n) is 7.00. The van der Waals surface area contributed by atoms with E-state index in [-0.39, 0.29) is 17.8 Å². The lowest BCUT2D eigenvalue weighted by Gasteiger charge is -2.30. The number of rotatable bonds is 5. The highest BCUT2D eigenvalue weighted by atomic mass is 19.1. The van der Waals surface area contributed by atoms with Crippen molar-refractivity contribution in [3.63, 3.8) is 0 Å². The molecule has 0 spiro atoms. The number of hydrogen-bond donors (Lipinski definition) is 1. The second-order valence-corrected chi connectivity index (χ2v) is 7.00. The summed E-state index contributed by atoms with van der Waals surface area (Å²) in [5.41, 5.74) is 3.45. The van der Waals surface area contributed by atoms with Gasteiger partial charge in [0.2, 0.25) is 0 Å². The van der Waals surface area contributed by atoms with Crippen LogP contribution in [0.4, 0.5) is 4.39 Å². The van der Waals surface area contributed by atoms with Crippen LogP contribution >= 0.6 is 0 Å². The summed E-state index contributed by atoms with van der Waals surface area (Å²) in [6.07, 6.45) is 3.23. The highest BCUT2D eigenvalue weighted by Gasteiger charge is 2.29. The largest absolute Gasteiger partial charge is 0.336 e. The van der Waals surface area contributed by atoms with Crippen molar-refractivity contribution in [3.8, 4) is 0 Å². The first-order valence-corrected chi connectivity index (χ1v) is 9.13. The minimum absolute atomic E-state index is 0.0980. The van der Waals surface area contributed by atoms with E-state index < -0.39 is 0 Å². The molecule has 0 aromatic heterocycles. The van der Waals surface area contributed by atoms with Crippen LogP contribution in [-0.4, -0.2) is 37.0 Å². The average Bonchev–Trinajstić information content (AvgIpc) is 2.67. The van der Waals surface area contributed by atoms with Gasteiger partial charge in [-0.25, -0.2) is 4.39 Å². The quantitative estimate of drug-likeness (QED) is 0.878. The number of likely N-dealkylation sites (N-methyl/N-ethyl adjacent to an activating group) is 1. The Morgan fingerprint density at radius 3 is 2.62 bits per heavy atom. The van der Waals surface area contributed by atoms with E-state index in [0.29, 0.717) is 6.54 Å². The summed E-state index contributed by atoms with van der Waals surface area (Å²) >= 11 is 0. The third-order valence-corrected chi connectivity index (χ3v) is 5.14. The number of quaternary nitrogens is 1. The van der Waals surface area contributed by atoms with Gasteiger partial charge in [0.25, 0.3) is 5.91 Å². The van der Waals surface area contributed by atoms with E-state index in [0.717, 1.165) is 25.1 Å². The lowest BCUT2D eigenvalue weighted by molar-refractivity contribution is -0.909. The molecule has 0 radical (unpaired) electrons. The minimum Gasteiger partial charge on any atom is -0.336 e. The third kappa shape index (κ3) is 4.38. The zero-order chi connectivity index (χ0) is 18.5. The molecule has 1 amide bonds. The number of nitrogens with zero attached hydrogens (tertiary/aromatic N) is 1. The van der Waals surface area contributed by atoms with Crippen LogP contribution < -0.4 is 4.90 Å². The number of halogens is 1. The SMILES string of the molecule is C[C@H](C(=O)N(C)Cc1cccc(F)c1)[NH+]1CC=C(c2ccccc2)CC1. The lowest BCUT2D eigenvalue weighted by Crippen LogP contribution is -3.17. The monoisotopic (exact) mass is 353 g/mol. The highest BCUT2D eigenvalue weighted by molar-refractivity contribution is 5.80. The Morgan fingerprint density at radius 2 is 1.96 bits per heavy atom. The Bertz CT molecular complexity index is 788. The summed E-state index contributed by atoms with van der Waals surface area (Å²) < 4.78 is 13.3. The van der Waals surface area contributed by atoms with Gasteiger partial charge >= 0.3 is 0 Å². The van der Waals surface area contributed by atoms with Gasteiger partial charge in [0.05, 0.1) is 13.1 Å². The summed E-state index contributed by atoms with van der Waals surface area (Å²) in [6, 6.07) is 16.7. The summed E-state index contributed by atoms with van der Waals surface area (Å²) in [6.45, 7) is 4.22. The van der Waals surface area contributed by atoms with Crippen LogP contribution in [0.5, 0.6) is 0 Å². The Balaban J connectivity index is 1.59. The topological polar surface area (TPSA) is 24.8 Å². The van der Waals surface area contributed by atoms with Crippen LogP contribution in [0.3, 0.4) is 0 Å². The van der Waals surface area contributed by atoms with Gasteiger partial charge in [-0.3, -0.25) is 4.79 Å². The van der Waals surface area contributed by atoms with Gasteiger partial charge in [0.1, 0.15) is 5.82 Å². The number of amides is 1. The molecule has 1 N–H and O–H groups in total. The van der Waals surface area contributed by atoms with Crippen molar-refractivity contribution in [1.29, 1.82) is 0 Å². The van der Waals surface area contributed by atoms with E-state index in [9.17, 15) is 9.18 Å². The number of benzene rings is 2. The van der Waals surface area contributed by atoms with Crippen LogP contribution in [0.25, 0.3) is 5.57 Å². The van der Waals surface area contributed by atoms with Crippen molar-refractivity contribution in [3.05, 3.63) is 77.6 Å². The first-order valence-electron chi connectivity index (χ1n) is 9.13. The van der Waals surface area contributed by atoms with Crippen LogP contribution in [0, 0.1) is 5.82 Å². The summed E-state index contributed by atoms with van der Waals surface area (Å²) in [7, 11) is 1.79. The molecule has 1 aliphatic rings. The molecular formula is C22H26FN2O+. The molecule has 1 heterocycles. The van der Waals surface area contributed by atoms with Crippen molar-refractivity contribution in [2.45, 2.75) is 25.9 Å². The Kier molecular flexibility index (Phi) is 5.84. The molecule has 0 saturated carbocycles. The van der Waals surface area contributed by atoms with E-state index in [1.165, 1.54) is 28.2 Å². The predicted molar refractivity (Wildman–Crippen MR) is 102 cm³/mol. The molecule has 1 aliphatic heterocycles. The van der Waals surface area contributed by atoms with E-state index in [1.54, 1.807) is 18.0 Å². The molecule has 4 heteroatoms. The maximum atomic E-state index is 13.3. The zero-order valence-corrected chi connectivity index (χ0v) is 15.4. The first kappa shape index (κ1) is 18.3.